The van der Waals surface area contributed by atoms with Gasteiger partial charge in [0.2, 0.25) is 0 Å². The second-order valence-electron chi connectivity index (χ2n) is 10.7. The first-order valence-corrected chi connectivity index (χ1v) is 14.7. The lowest BCUT2D eigenvalue weighted by Crippen LogP contribution is -2.44. The zero-order valence-corrected chi connectivity index (χ0v) is 25.0. The van der Waals surface area contributed by atoms with E-state index < -0.39 is 6.10 Å². The van der Waals surface area contributed by atoms with Crippen LogP contribution in [-0.4, -0.2) is 65.0 Å². The van der Waals surface area contributed by atoms with Crippen LogP contribution >= 0.6 is 0 Å². The normalized spacial score (nSPS) is 12.6. The number of benzene rings is 4. The van der Waals surface area contributed by atoms with Crippen molar-refractivity contribution in [2.45, 2.75) is 25.1 Å². The van der Waals surface area contributed by atoms with Crippen molar-refractivity contribution in [1.29, 1.82) is 0 Å². The molecule has 0 saturated heterocycles. The zero-order valence-electron chi connectivity index (χ0n) is 25.0. The molecule has 0 fully saturated rings. The van der Waals surface area contributed by atoms with E-state index in [0.717, 1.165) is 16.5 Å². The van der Waals surface area contributed by atoms with Crippen molar-refractivity contribution < 1.29 is 28.9 Å². The molecule has 0 saturated carbocycles. The number of aliphatic hydroxyl groups excluding tert-OH is 2. The summed E-state index contributed by atoms with van der Waals surface area (Å²) < 4.78 is 25.1. The number of hydrogen-bond donors (Lipinski definition) is 3. The second-order valence-corrected chi connectivity index (χ2v) is 10.7. The van der Waals surface area contributed by atoms with Crippen molar-refractivity contribution in [2.24, 2.45) is 0 Å². The molecule has 9 heteroatoms. The molecule has 2 atom stereocenters. The number of aromatic nitrogens is 1. The van der Waals surface area contributed by atoms with E-state index in [1.54, 1.807) is 31.4 Å². The molecule has 8 nitrogen and oxygen atoms in total. The minimum atomic E-state index is -0.841. The Balaban J connectivity index is 1.26. The predicted octanol–water partition coefficient (Wildman–Crippen LogP) is 5.37. The fourth-order valence-corrected chi connectivity index (χ4v) is 5.11. The molecule has 1 amide bonds. The van der Waals surface area contributed by atoms with Crippen LogP contribution in [0.3, 0.4) is 0 Å². The molecule has 0 radical (unpaired) electrons. The Morgan fingerprint density at radius 3 is 2.38 bits per heavy atom. The number of ether oxygens (including phenoxy) is 2. The summed E-state index contributed by atoms with van der Waals surface area (Å²) in [5.41, 5.74) is 3.22. The lowest BCUT2D eigenvalue weighted by Gasteiger charge is -2.32. The largest absolute Gasteiger partial charge is 0.491 e. The highest BCUT2D eigenvalue weighted by molar-refractivity contribution is 5.98. The highest BCUT2D eigenvalue weighted by atomic mass is 19.1. The number of pyridine rings is 1. The van der Waals surface area contributed by atoms with E-state index in [1.807, 2.05) is 60.7 Å². The molecule has 0 unspecified atom stereocenters. The van der Waals surface area contributed by atoms with Crippen molar-refractivity contribution in [2.75, 3.05) is 26.8 Å². The van der Waals surface area contributed by atoms with Gasteiger partial charge in [-0.25, -0.2) is 4.39 Å². The van der Waals surface area contributed by atoms with E-state index in [0.29, 0.717) is 41.3 Å². The van der Waals surface area contributed by atoms with E-state index in [1.165, 1.54) is 24.3 Å². The van der Waals surface area contributed by atoms with Gasteiger partial charge in [0.05, 0.1) is 12.1 Å². The number of rotatable bonds is 14. The Bertz CT molecular complexity index is 1680. The predicted molar refractivity (Wildman–Crippen MR) is 171 cm³/mol. The van der Waals surface area contributed by atoms with Crippen molar-refractivity contribution >= 4 is 16.8 Å². The van der Waals surface area contributed by atoms with Gasteiger partial charge in [-0.2, -0.15) is 0 Å². The number of hydrogen-bond acceptors (Lipinski definition) is 7. The monoisotopic (exact) mass is 609 g/mol. The topological polar surface area (TPSA) is 104 Å². The van der Waals surface area contributed by atoms with Gasteiger partial charge in [-0.1, -0.05) is 42.5 Å². The Morgan fingerprint density at radius 1 is 0.933 bits per heavy atom. The molecule has 0 spiro atoms. The van der Waals surface area contributed by atoms with E-state index in [2.05, 4.69) is 15.2 Å². The number of fused-ring (bicyclic) bond motifs is 1. The molecule has 0 aliphatic heterocycles. The number of carbonyl (C=O) groups excluding carboxylic acids is 1. The molecule has 0 bridgehead atoms. The van der Waals surface area contributed by atoms with Gasteiger partial charge < -0.3 is 25.0 Å². The Labute approximate surface area is 261 Å². The number of amides is 1. The van der Waals surface area contributed by atoms with Crippen molar-refractivity contribution in [3.05, 3.63) is 132 Å². The van der Waals surface area contributed by atoms with Gasteiger partial charge >= 0.3 is 0 Å². The third-order valence-electron chi connectivity index (χ3n) is 7.47. The lowest BCUT2D eigenvalue weighted by atomic mass is 10.0. The number of nitrogens with one attached hydrogen (secondary N) is 1. The summed E-state index contributed by atoms with van der Waals surface area (Å²) in [5.74, 6) is 1.19. The number of nitrogens with zero attached hydrogens (tertiary/aromatic N) is 2. The molecule has 0 aliphatic carbocycles. The molecule has 1 aromatic heterocycles. The molecule has 0 aliphatic rings. The average Bonchev–Trinajstić information content (AvgIpc) is 3.07. The number of halogens is 1. The molecule has 3 N–H and O–H groups in total. The third kappa shape index (κ3) is 8.63. The fourth-order valence-electron chi connectivity index (χ4n) is 5.11. The van der Waals surface area contributed by atoms with Crippen LogP contribution in [0, 0.1) is 5.82 Å². The highest BCUT2D eigenvalue weighted by Crippen LogP contribution is 2.30. The van der Waals surface area contributed by atoms with Crippen molar-refractivity contribution in [1.82, 2.24) is 15.2 Å². The smallest absolute Gasteiger partial charge is 0.251 e. The Hall–Kier alpha value is -4.83. The van der Waals surface area contributed by atoms with Gasteiger partial charge in [-0.15, -0.1) is 0 Å². The maximum atomic E-state index is 13.2. The van der Waals surface area contributed by atoms with Crippen LogP contribution in [0.4, 0.5) is 4.39 Å². The van der Waals surface area contributed by atoms with Crippen LogP contribution in [0.2, 0.25) is 0 Å². The van der Waals surface area contributed by atoms with E-state index in [4.69, 9.17) is 9.47 Å². The van der Waals surface area contributed by atoms with Crippen LogP contribution in [0.25, 0.3) is 10.9 Å². The van der Waals surface area contributed by atoms with E-state index >= 15 is 0 Å². The molecule has 5 rings (SSSR count). The Morgan fingerprint density at radius 2 is 1.67 bits per heavy atom. The summed E-state index contributed by atoms with van der Waals surface area (Å²) >= 11 is 0. The van der Waals surface area contributed by atoms with Crippen LogP contribution in [0.5, 0.6) is 17.2 Å². The maximum absolute atomic E-state index is 13.2. The first kappa shape index (κ1) is 31.6. The standard InChI is InChI=1S/C36H36FN3O5/c1-38-36(43)27-9-16-33-34(20-27)39-18-17-35(33)45-32-12-7-25(8-13-32)19-29(23-41)40(21-26-5-3-2-4-6-26)22-30(42)24-44-31-14-10-28(37)11-15-31/h2-18,20,29-30,41-42H,19,21-24H2,1H3,(H,38,43)/t29-,30-/m0/s1. The molecule has 45 heavy (non-hydrogen) atoms. The molecule has 232 valence electrons. The molecule has 4 aromatic carbocycles. The highest BCUT2D eigenvalue weighted by Gasteiger charge is 2.22. The molecule has 5 aromatic rings. The summed E-state index contributed by atoms with van der Waals surface area (Å²) in [6.45, 7) is 0.701. The minimum Gasteiger partial charge on any atom is -0.491 e. The van der Waals surface area contributed by atoms with Gasteiger partial charge in [0.1, 0.15) is 35.8 Å². The molecular formula is C36H36FN3O5. The molecule has 1 heterocycles. The fraction of sp³-hybridized carbons (Fsp3) is 0.222. The summed E-state index contributed by atoms with van der Waals surface area (Å²) in [6, 6.07) is 30.0. The molecular weight excluding hydrogens is 573 g/mol. The van der Waals surface area contributed by atoms with Crippen LogP contribution in [-0.2, 0) is 13.0 Å². The van der Waals surface area contributed by atoms with Gasteiger partial charge in [-0.05, 0) is 78.2 Å². The first-order valence-electron chi connectivity index (χ1n) is 14.7. The van der Waals surface area contributed by atoms with Gasteiger partial charge in [0.25, 0.3) is 5.91 Å². The van der Waals surface area contributed by atoms with Gasteiger partial charge in [0, 0.05) is 43.3 Å². The average molecular weight is 610 g/mol. The summed E-state index contributed by atoms with van der Waals surface area (Å²) in [6.07, 6.45) is 1.34. The van der Waals surface area contributed by atoms with Crippen LogP contribution < -0.4 is 14.8 Å². The number of carbonyl (C=O) groups is 1. The number of aliphatic hydroxyl groups is 2. The van der Waals surface area contributed by atoms with Gasteiger partial charge in [-0.3, -0.25) is 14.7 Å². The SMILES string of the molecule is CNC(=O)c1ccc2c(Oc3ccc(C[C@@H](CO)N(Cc4ccccc4)C[C@H](O)COc4ccc(F)cc4)cc3)ccnc2c1. The van der Waals surface area contributed by atoms with Crippen molar-refractivity contribution in [3.63, 3.8) is 0 Å². The van der Waals surface area contributed by atoms with Crippen LogP contribution in [0.15, 0.2) is 109 Å². The summed E-state index contributed by atoms with van der Waals surface area (Å²) in [4.78, 5) is 18.5. The quantitative estimate of drug-likeness (QED) is 0.156. The summed E-state index contributed by atoms with van der Waals surface area (Å²) in [5, 5.41) is 24.7. The van der Waals surface area contributed by atoms with E-state index in [9.17, 15) is 19.4 Å². The zero-order chi connectivity index (χ0) is 31.6. The van der Waals surface area contributed by atoms with Crippen LogP contribution in [0.1, 0.15) is 21.5 Å². The van der Waals surface area contributed by atoms with Crippen molar-refractivity contribution in [3.8, 4) is 17.2 Å². The minimum absolute atomic E-state index is 0.0257. The second kappa shape index (κ2) is 15.3. The Kier molecular flexibility index (Phi) is 10.7. The summed E-state index contributed by atoms with van der Waals surface area (Å²) in [7, 11) is 1.59. The lowest BCUT2D eigenvalue weighted by molar-refractivity contribution is 0.0335. The first-order chi connectivity index (χ1) is 21.9. The van der Waals surface area contributed by atoms with Gasteiger partial charge in [0.15, 0.2) is 0 Å². The maximum Gasteiger partial charge on any atom is 0.251 e. The van der Waals surface area contributed by atoms with E-state index in [-0.39, 0.29) is 37.5 Å². The third-order valence-corrected chi connectivity index (χ3v) is 7.47.